The van der Waals surface area contributed by atoms with Gasteiger partial charge in [-0.3, -0.25) is 19.3 Å². The van der Waals surface area contributed by atoms with Gasteiger partial charge in [-0.1, -0.05) is 19.8 Å². The van der Waals surface area contributed by atoms with Gasteiger partial charge in [0.2, 0.25) is 11.8 Å². The largest absolute Gasteiger partial charge is 0.339 e. The molecule has 0 unspecified atom stereocenters. The molecule has 3 aliphatic rings. The predicted octanol–water partition coefficient (Wildman–Crippen LogP) is 3.24. The molecule has 138 valence electrons. The third kappa shape index (κ3) is 2.93. The van der Waals surface area contributed by atoms with E-state index in [1.54, 1.807) is 24.3 Å². The molecule has 2 heterocycles. The van der Waals surface area contributed by atoms with Crippen molar-refractivity contribution in [2.45, 2.75) is 45.4 Å². The average molecular weight is 354 g/mol. The maximum Gasteiger partial charge on any atom is 0.253 e. The van der Waals surface area contributed by atoms with Crippen LogP contribution in [0.2, 0.25) is 0 Å². The molecule has 5 nitrogen and oxygen atoms in total. The molecule has 1 aromatic carbocycles. The molecule has 1 saturated carbocycles. The summed E-state index contributed by atoms with van der Waals surface area (Å²) in [6, 6.07) is 6.98. The quantitative estimate of drug-likeness (QED) is 0.766. The number of anilines is 1. The summed E-state index contributed by atoms with van der Waals surface area (Å²) in [7, 11) is 0. The van der Waals surface area contributed by atoms with E-state index in [0.29, 0.717) is 17.2 Å². The van der Waals surface area contributed by atoms with Gasteiger partial charge in [0.1, 0.15) is 0 Å². The van der Waals surface area contributed by atoms with Crippen molar-refractivity contribution in [2.24, 2.45) is 17.8 Å². The van der Waals surface area contributed by atoms with Crippen LogP contribution in [0.4, 0.5) is 5.69 Å². The Hall–Kier alpha value is -2.17. The van der Waals surface area contributed by atoms with Crippen molar-refractivity contribution in [3.63, 3.8) is 0 Å². The highest BCUT2D eigenvalue weighted by molar-refractivity contribution is 6.22. The molecular formula is C21H26N2O3. The number of rotatable bonds is 2. The molecule has 0 spiro atoms. The second-order valence-corrected chi connectivity index (χ2v) is 8.03. The first kappa shape index (κ1) is 17.3. The first-order valence-corrected chi connectivity index (χ1v) is 9.83. The van der Waals surface area contributed by atoms with Crippen LogP contribution in [-0.4, -0.2) is 35.7 Å². The fraction of sp³-hybridized carbons (Fsp3) is 0.571. The Morgan fingerprint density at radius 1 is 0.885 bits per heavy atom. The van der Waals surface area contributed by atoms with E-state index < -0.39 is 0 Å². The third-order valence-corrected chi connectivity index (χ3v) is 6.28. The SMILES string of the molecule is CC1CCN(C(=O)c2ccc(N3C(=O)[C@H]4CCCC[C@@H]4C3=O)cc2)CC1. The van der Waals surface area contributed by atoms with Crippen LogP contribution in [-0.2, 0) is 9.59 Å². The summed E-state index contributed by atoms with van der Waals surface area (Å²) in [5.74, 6) is 0.293. The van der Waals surface area contributed by atoms with Gasteiger partial charge in [-0.2, -0.15) is 0 Å². The molecule has 0 bridgehead atoms. The van der Waals surface area contributed by atoms with Crippen LogP contribution < -0.4 is 4.90 Å². The minimum Gasteiger partial charge on any atom is -0.339 e. The summed E-state index contributed by atoms with van der Waals surface area (Å²) in [6.45, 7) is 3.82. The summed E-state index contributed by atoms with van der Waals surface area (Å²) in [5.41, 5.74) is 1.22. The zero-order valence-corrected chi connectivity index (χ0v) is 15.3. The lowest BCUT2D eigenvalue weighted by Crippen LogP contribution is -2.38. The zero-order chi connectivity index (χ0) is 18.3. The third-order valence-electron chi connectivity index (χ3n) is 6.28. The number of nitrogens with zero attached hydrogens (tertiary/aromatic N) is 2. The molecular weight excluding hydrogens is 328 g/mol. The maximum atomic E-state index is 12.7. The van der Waals surface area contributed by atoms with E-state index in [4.69, 9.17) is 0 Å². The van der Waals surface area contributed by atoms with Gasteiger partial charge in [-0.25, -0.2) is 0 Å². The van der Waals surface area contributed by atoms with Gasteiger partial charge in [0, 0.05) is 18.7 Å². The van der Waals surface area contributed by atoms with Crippen LogP contribution in [0.25, 0.3) is 0 Å². The van der Waals surface area contributed by atoms with Crippen molar-refractivity contribution < 1.29 is 14.4 Å². The summed E-state index contributed by atoms with van der Waals surface area (Å²) in [5, 5.41) is 0. The summed E-state index contributed by atoms with van der Waals surface area (Å²) < 4.78 is 0. The van der Waals surface area contributed by atoms with Gasteiger partial charge in [-0.05, 0) is 55.9 Å². The Balaban J connectivity index is 1.50. The summed E-state index contributed by atoms with van der Waals surface area (Å²) in [6.07, 6.45) is 5.77. The van der Waals surface area contributed by atoms with Crippen LogP contribution >= 0.6 is 0 Å². The minimum atomic E-state index is -0.145. The number of carbonyl (C=O) groups excluding carboxylic acids is 3. The molecule has 0 radical (unpaired) electrons. The van der Waals surface area contributed by atoms with Crippen LogP contribution in [0.5, 0.6) is 0 Å². The highest BCUT2D eigenvalue weighted by atomic mass is 16.2. The lowest BCUT2D eigenvalue weighted by Gasteiger charge is -2.30. The van der Waals surface area contributed by atoms with E-state index in [1.807, 2.05) is 4.90 Å². The van der Waals surface area contributed by atoms with Crippen LogP contribution in [0.15, 0.2) is 24.3 Å². The van der Waals surface area contributed by atoms with Crippen molar-refractivity contribution in [3.05, 3.63) is 29.8 Å². The molecule has 0 aromatic heterocycles. The molecule has 2 saturated heterocycles. The Morgan fingerprint density at radius 2 is 1.42 bits per heavy atom. The van der Waals surface area contributed by atoms with E-state index in [0.717, 1.165) is 51.6 Å². The minimum absolute atomic E-state index is 0.0381. The second kappa shape index (κ2) is 6.86. The van der Waals surface area contributed by atoms with E-state index in [-0.39, 0.29) is 29.6 Å². The molecule has 2 atom stereocenters. The average Bonchev–Trinajstić information content (AvgIpc) is 2.93. The summed E-state index contributed by atoms with van der Waals surface area (Å²) in [4.78, 5) is 41.2. The predicted molar refractivity (Wildman–Crippen MR) is 98.7 cm³/mol. The van der Waals surface area contributed by atoms with Gasteiger partial charge in [0.25, 0.3) is 5.91 Å². The molecule has 5 heteroatoms. The molecule has 2 aliphatic heterocycles. The number of benzene rings is 1. The van der Waals surface area contributed by atoms with Gasteiger partial charge < -0.3 is 4.90 Å². The number of piperidine rings is 1. The molecule has 1 aromatic rings. The number of hydrogen-bond acceptors (Lipinski definition) is 3. The lowest BCUT2D eigenvalue weighted by atomic mass is 9.81. The number of hydrogen-bond donors (Lipinski definition) is 0. The highest BCUT2D eigenvalue weighted by Crippen LogP contribution is 2.40. The summed E-state index contributed by atoms with van der Waals surface area (Å²) >= 11 is 0. The normalized spacial score (nSPS) is 27.0. The molecule has 26 heavy (non-hydrogen) atoms. The maximum absolute atomic E-state index is 12.7. The van der Waals surface area contributed by atoms with Crippen molar-refractivity contribution in [1.29, 1.82) is 0 Å². The number of amides is 3. The Labute approximate surface area is 154 Å². The Bertz CT molecular complexity index is 695. The first-order chi connectivity index (χ1) is 12.6. The first-order valence-electron chi connectivity index (χ1n) is 9.83. The monoisotopic (exact) mass is 354 g/mol. The molecule has 4 rings (SSSR count). The van der Waals surface area contributed by atoms with Crippen molar-refractivity contribution in [1.82, 2.24) is 4.90 Å². The fourth-order valence-corrected chi connectivity index (χ4v) is 4.56. The number of imide groups is 1. The van der Waals surface area contributed by atoms with E-state index in [2.05, 4.69) is 6.92 Å². The fourth-order valence-electron chi connectivity index (χ4n) is 4.56. The number of fused-ring (bicyclic) bond motifs is 1. The van der Waals surface area contributed by atoms with Crippen molar-refractivity contribution >= 4 is 23.4 Å². The Morgan fingerprint density at radius 3 is 1.96 bits per heavy atom. The number of carbonyl (C=O) groups is 3. The molecule has 3 amide bonds. The molecule has 3 fully saturated rings. The topological polar surface area (TPSA) is 57.7 Å². The smallest absolute Gasteiger partial charge is 0.253 e. The second-order valence-electron chi connectivity index (χ2n) is 8.03. The Kier molecular flexibility index (Phi) is 4.55. The highest BCUT2D eigenvalue weighted by Gasteiger charge is 2.48. The van der Waals surface area contributed by atoms with E-state index >= 15 is 0 Å². The van der Waals surface area contributed by atoms with Crippen LogP contribution in [0, 0.1) is 17.8 Å². The van der Waals surface area contributed by atoms with Crippen LogP contribution in [0.1, 0.15) is 55.8 Å². The van der Waals surface area contributed by atoms with Crippen molar-refractivity contribution in [3.8, 4) is 0 Å². The van der Waals surface area contributed by atoms with Gasteiger partial charge in [0.15, 0.2) is 0 Å². The zero-order valence-electron chi connectivity index (χ0n) is 15.3. The van der Waals surface area contributed by atoms with Gasteiger partial charge in [0.05, 0.1) is 17.5 Å². The van der Waals surface area contributed by atoms with E-state index in [1.165, 1.54) is 4.90 Å². The van der Waals surface area contributed by atoms with Crippen molar-refractivity contribution in [2.75, 3.05) is 18.0 Å². The molecule has 0 N–H and O–H groups in total. The van der Waals surface area contributed by atoms with Crippen LogP contribution in [0.3, 0.4) is 0 Å². The lowest BCUT2D eigenvalue weighted by molar-refractivity contribution is -0.122. The van der Waals surface area contributed by atoms with Gasteiger partial charge in [-0.15, -0.1) is 0 Å². The van der Waals surface area contributed by atoms with Gasteiger partial charge >= 0.3 is 0 Å². The number of likely N-dealkylation sites (tertiary alicyclic amines) is 1. The standard InChI is InChI=1S/C21H26N2O3/c1-14-10-12-22(13-11-14)19(24)15-6-8-16(9-7-15)23-20(25)17-4-2-3-5-18(17)21(23)26/h6-9,14,17-18H,2-5,10-13H2,1H3/t17-,18-/m0/s1. The molecule has 1 aliphatic carbocycles. The van der Waals surface area contributed by atoms with E-state index in [9.17, 15) is 14.4 Å².